The molecule has 42 heavy (non-hydrogen) atoms. The second-order valence-electron chi connectivity index (χ2n) is 11.8. The molecule has 0 saturated carbocycles. The smallest absolute Gasteiger partial charge is 0.119 e. The zero-order chi connectivity index (χ0) is 31.0. The van der Waals surface area contributed by atoms with Crippen LogP contribution >= 0.6 is 47.8 Å². The second kappa shape index (κ2) is 19.1. The number of rotatable bonds is 17. The van der Waals surface area contributed by atoms with Crippen LogP contribution < -0.4 is 9.47 Å². The van der Waals surface area contributed by atoms with Gasteiger partial charge in [0.25, 0.3) is 0 Å². The Balaban J connectivity index is 0.00000301. The summed E-state index contributed by atoms with van der Waals surface area (Å²) in [6.45, 7) is 11.2. The summed E-state index contributed by atoms with van der Waals surface area (Å²) in [6.07, 6.45) is 5.06. The van der Waals surface area contributed by atoms with E-state index in [4.69, 9.17) is 14.2 Å². The largest absolute Gasteiger partial charge is 0.491 e. The molecule has 3 aromatic carbocycles. The van der Waals surface area contributed by atoms with Crippen LogP contribution in [0, 0.1) is 0 Å². The zero-order valence-electron chi connectivity index (χ0n) is 26.2. The van der Waals surface area contributed by atoms with Crippen LogP contribution in [-0.4, -0.2) is 50.8 Å². The van der Waals surface area contributed by atoms with Gasteiger partial charge in [0.1, 0.15) is 37.8 Å². The van der Waals surface area contributed by atoms with E-state index in [1.807, 2.05) is 11.9 Å². The zero-order valence-corrected chi connectivity index (χ0v) is 31.0. The van der Waals surface area contributed by atoms with E-state index in [0.717, 1.165) is 43.6 Å². The van der Waals surface area contributed by atoms with Crippen LogP contribution in [0.15, 0.2) is 75.7 Å². The van der Waals surface area contributed by atoms with E-state index in [1.165, 1.54) is 36.8 Å². The van der Waals surface area contributed by atoms with Crippen LogP contribution in [0.5, 0.6) is 11.5 Å². The summed E-state index contributed by atoms with van der Waals surface area (Å²) in [7, 11) is 4.47. The number of halogens is 3. The minimum atomic E-state index is 0.204. The summed E-state index contributed by atoms with van der Waals surface area (Å²) < 4.78 is 20.7. The fourth-order valence-electron chi connectivity index (χ4n) is 4.66. The van der Waals surface area contributed by atoms with E-state index in [-0.39, 0.29) is 5.41 Å². The van der Waals surface area contributed by atoms with Gasteiger partial charge in [-0.05, 0) is 109 Å². The molecule has 0 aliphatic carbocycles. The van der Waals surface area contributed by atoms with Crippen molar-refractivity contribution in [2.75, 3.05) is 46.3 Å². The normalized spacial score (nSPS) is 11.5. The lowest BCUT2D eigenvalue weighted by molar-refractivity contribution is -0.904. The summed E-state index contributed by atoms with van der Waals surface area (Å²) in [5.41, 5.74) is 3.99. The molecule has 0 fully saturated rings. The van der Waals surface area contributed by atoms with Gasteiger partial charge < -0.3 is 18.7 Å². The Bertz CT molecular complexity index is 1170. The molecule has 0 saturated heterocycles. The van der Waals surface area contributed by atoms with E-state index in [0.29, 0.717) is 26.4 Å². The van der Waals surface area contributed by atoms with Crippen molar-refractivity contribution in [3.8, 4) is 11.5 Å². The van der Waals surface area contributed by atoms with Crippen molar-refractivity contribution in [3.63, 3.8) is 0 Å². The second-order valence-corrected chi connectivity index (χ2v) is 13.5. The molecule has 0 spiro atoms. The van der Waals surface area contributed by atoms with E-state index in [1.54, 1.807) is 0 Å². The van der Waals surface area contributed by atoms with Crippen molar-refractivity contribution >= 4 is 47.8 Å². The first-order valence-corrected chi connectivity index (χ1v) is 17.9. The summed E-state index contributed by atoms with van der Waals surface area (Å²) in [6, 6.07) is 23.2. The molecule has 0 aromatic heterocycles. The van der Waals surface area contributed by atoms with Gasteiger partial charge in [-0.1, -0.05) is 74.2 Å². The average molecular weight is 771 g/mol. The SMILES string of the molecule is CBr.CCCCCC(C)(C)c1ccc(OCCOCC[N+](C)(C)Cc2ccc(OCc3ccc(Br)c(Br)c3)cc2)cc1. The van der Waals surface area contributed by atoms with Gasteiger partial charge in [-0.3, -0.25) is 0 Å². The Morgan fingerprint density at radius 3 is 1.98 bits per heavy atom. The molecule has 0 bridgehead atoms. The molecule has 3 aromatic rings. The topological polar surface area (TPSA) is 27.7 Å². The molecule has 3 rings (SSSR count). The lowest BCUT2D eigenvalue weighted by atomic mass is 9.80. The number of quaternary nitrogens is 1. The monoisotopic (exact) mass is 768 g/mol. The Morgan fingerprint density at radius 1 is 0.714 bits per heavy atom. The molecule has 0 aliphatic rings. The molecule has 232 valence electrons. The maximum atomic E-state index is 5.97. The molecule has 0 radical (unpaired) electrons. The van der Waals surface area contributed by atoms with Gasteiger partial charge in [0.05, 0.1) is 27.3 Å². The highest BCUT2D eigenvalue weighted by Crippen LogP contribution is 2.30. The standard InChI is InChI=1S/C34H46Br2NO3.CH3Br/c1-6-7-8-19-34(2,3)29-12-16-30(17-13-29)39-23-22-38-21-20-37(4,5)25-27-9-14-31(15-10-27)40-26-28-11-18-32(35)33(36)24-28;1-2/h9-18,24H,6-8,19-23,25-26H2,1-5H3;1H3/q+1;. The third kappa shape index (κ3) is 13.5. The Labute approximate surface area is 280 Å². The van der Waals surface area contributed by atoms with E-state index < -0.39 is 0 Å². The fraction of sp³-hybridized carbons (Fsp3) is 0.486. The molecule has 4 nitrogen and oxygen atoms in total. The maximum Gasteiger partial charge on any atom is 0.119 e. The number of likely N-dealkylation sites (N-methyl/N-ethyl adjacent to an activating group) is 1. The van der Waals surface area contributed by atoms with Crippen LogP contribution in [0.3, 0.4) is 0 Å². The summed E-state index contributed by atoms with van der Waals surface area (Å²) in [5, 5.41) is 0. The van der Waals surface area contributed by atoms with E-state index in [9.17, 15) is 0 Å². The van der Waals surface area contributed by atoms with Crippen LogP contribution in [0.2, 0.25) is 0 Å². The van der Waals surface area contributed by atoms with Gasteiger partial charge in [0, 0.05) is 14.5 Å². The third-order valence-electron chi connectivity index (χ3n) is 7.30. The van der Waals surface area contributed by atoms with Gasteiger partial charge in [0.2, 0.25) is 0 Å². The lowest BCUT2D eigenvalue weighted by Crippen LogP contribution is -2.41. The van der Waals surface area contributed by atoms with Gasteiger partial charge in [0.15, 0.2) is 0 Å². The highest BCUT2D eigenvalue weighted by molar-refractivity contribution is 9.13. The Morgan fingerprint density at radius 2 is 1.33 bits per heavy atom. The third-order valence-corrected chi connectivity index (χ3v) is 9.18. The van der Waals surface area contributed by atoms with Crippen molar-refractivity contribution in [1.29, 1.82) is 0 Å². The number of hydrogen-bond donors (Lipinski definition) is 0. The molecule has 0 amide bonds. The molecule has 7 heteroatoms. The molecule has 0 atom stereocenters. The van der Waals surface area contributed by atoms with Crippen LogP contribution in [0.1, 0.15) is 63.1 Å². The Hall–Kier alpha value is -1.38. The minimum Gasteiger partial charge on any atom is -0.491 e. The number of hydrogen-bond acceptors (Lipinski definition) is 3. The van der Waals surface area contributed by atoms with Crippen LogP contribution in [-0.2, 0) is 23.3 Å². The van der Waals surface area contributed by atoms with Crippen molar-refractivity contribution in [1.82, 2.24) is 0 Å². The average Bonchev–Trinajstić information content (AvgIpc) is 2.97. The first-order chi connectivity index (χ1) is 20.1. The highest BCUT2D eigenvalue weighted by Gasteiger charge is 2.20. The van der Waals surface area contributed by atoms with Crippen molar-refractivity contribution < 1.29 is 18.7 Å². The predicted molar refractivity (Wildman–Crippen MR) is 188 cm³/mol. The highest BCUT2D eigenvalue weighted by atomic mass is 79.9. The number of benzene rings is 3. The Kier molecular flexibility index (Phi) is 16.7. The number of nitrogens with zero attached hydrogens (tertiary/aromatic N) is 1. The molecule has 0 aliphatic heterocycles. The molecular formula is C35H49Br3NO3+. The van der Waals surface area contributed by atoms with Gasteiger partial charge in [-0.2, -0.15) is 0 Å². The fourth-order valence-corrected chi connectivity index (χ4v) is 5.33. The van der Waals surface area contributed by atoms with Crippen molar-refractivity contribution in [3.05, 3.63) is 92.4 Å². The van der Waals surface area contributed by atoms with Crippen molar-refractivity contribution in [2.45, 2.75) is 65.0 Å². The molecule has 0 heterocycles. The number of ether oxygens (including phenoxy) is 3. The first-order valence-electron chi connectivity index (χ1n) is 14.7. The summed E-state index contributed by atoms with van der Waals surface area (Å²) in [5.74, 6) is 3.60. The predicted octanol–water partition coefficient (Wildman–Crippen LogP) is 10.3. The quantitative estimate of drug-likeness (QED) is 0.0777. The minimum absolute atomic E-state index is 0.204. The molecule has 0 N–H and O–H groups in total. The van der Waals surface area contributed by atoms with E-state index >= 15 is 0 Å². The van der Waals surface area contributed by atoms with Gasteiger partial charge in [-0.25, -0.2) is 0 Å². The molecule has 0 unspecified atom stereocenters. The van der Waals surface area contributed by atoms with Crippen molar-refractivity contribution in [2.24, 2.45) is 0 Å². The van der Waals surface area contributed by atoms with Gasteiger partial charge >= 0.3 is 0 Å². The van der Waals surface area contributed by atoms with Gasteiger partial charge in [-0.15, -0.1) is 0 Å². The molecular weight excluding hydrogens is 722 g/mol. The maximum absolute atomic E-state index is 5.97. The lowest BCUT2D eigenvalue weighted by Gasteiger charge is -2.29. The van der Waals surface area contributed by atoms with Crippen LogP contribution in [0.25, 0.3) is 0 Å². The van der Waals surface area contributed by atoms with Crippen LogP contribution in [0.4, 0.5) is 0 Å². The number of alkyl halides is 1. The number of unbranched alkanes of at least 4 members (excludes halogenated alkanes) is 2. The summed E-state index contributed by atoms with van der Waals surface area (Å²) in [4.78, 5) is 0. The summed E-state index contributed by atoms with van der Waals surface area (Å²) >= 11 is 9.99. The van der Waals surface area contributed by atoms with E-state index in [2.05, 4.69) is 143 Å². The first kappa shape index (κ1) is 36.8.